The molecule has 0 aromatic carbocycles. The van der Waals surface area contributed by atoms with Crippen molar-refractivity contribution in [2.24, 2.45) is 0 Å². The van der Waals surface area contributed by atoms with Crippen LogP contribution in [0.15, 0.2) is 18.3 Å². The largest absolute Gasteiger partial charge is 0.283 e. The van der Waals surface area contributed by atoms with Crippen LogP contribution in [-0.2, 0) is 5.26 Å². The minimum absolute atomic E-state index is 0.00694. The summed E-state index contributed by atoms with van der Waals surface area (Å²) in [7, 11) is 0. The van der Waals surface area contributed by atoms with Crippen LogP contribution in [0.3, 0.4) is 0 Å². The van der Waals surface area contributed by atoms with Gasteiger partial charge in [-0.25, -0.2) is 0 Å². The van der Waals surface area contributed by atoms with Gasteiger partial charge in [0.2, 0.25) is 0 Å². The van der Waals surface area contributed by atoms with Gasteiger partial charge in [0.05, 0.1) is 0 Å². The Morgan fingerprint density at radius 1 is 1.62 bits per heavy atom. The fraction of sp³-hybridized carbons (Fsp3) is 0. The molecule has 0 saturated heterocycles. The van der Waals surface area contributed by atoms with Crippen molar-refractivity contribution in [1.29, 1.82) is 0 Å². The molecule has 0 aliphatic carbocycles. The van der Waals surface area contributed by atoms with Crippen LogP contribution in [0.5, 0.6) is 5.88 Å². The zero-order valence-corrected chi connectivity index (χ0v) is 3.94. The van der Waals surface area contributed by atoms with Crippen LogP contribution in [0.25, 0.3) is 0 Å². The fourth-order valence-corrected chi connectivity index (χ4v) is 0.332. The van der Waals surface area contributed by atoms with Gasteiger partial charge in [0, 0.05) is 17.5 Å². The van der Waals surface area contributed by atoms with E-state index in [4.69, 9.17) is 0 Å². The highest BCUT2D eigenvalue weighted by Gasteiger charge is 1.87. The Hall–Kier alpha value is -1.16. The molecule has 0 atom stereocenters. The molecule has 4 heteroatoms. The molecular weight excluding hydrogens is 108 g/mol. The summed E-state index contributed by atoms with van der Waals surface area (Å²) < 4.78 is 0. The fourth-order valence-electron chi connectivity index (χ4n) is 0.332. The zero-order valence-electron chi connectivity index (χ0n) is 3.94. The molecule has 1 heterocycles. The van der Waals surface area contributed by atoms with Crippen molar-refractivity contribution in [2.45, 2.75) is 0 Å². The average Bonchev–Trinajstić information content (AvgIpc) is 1.90. The van der Waals surface area contributed by atoms with E-state index in [2.05, 4.69) is 15.1 Å². The lowest BCUT2D eigenvalue weighted by atomic mass is 10.6. The van der Waals surface area contributed by atoms with Gasteiger partial charge < -0.3 is 0 Å². The number of hydrogen-bond donors (Lipinski definition) is 0. The molecule has 0 unspecified atom stereocenters. The summed E-state index contributed by atoms with van der Waals surface area (Å²) in [5, 5.41) is 16.2. The van der Waals surface area contributed by atoms with Gasteiger partial charge in [-0.05, 0) is 6.07 Å². The minimum atomic E-state index is -0.00694. The van der Waals surface area contributed by atoms with E-state index in [9.17, 15) is 5.26 Å². The lowest BCUT2D eigenvalue weighted by Gasteiger charge is -1.85. The van der Waals surface area contributed by atoms with E-state index in [1.807, 2.05) is 0 Å². The Labute approximate surface area is 45.7 Å². The molecule has 1 aromatic rings. The average molecular weight is 111 g/mol. The third-order valence-corrected chi connectivity index (χ3v) is 0.633. The van der Waals surface area contributed by atoms with Crippen LogP contribution < -0.4 is 4.89 Å². The summed E-state index contributed by atoms with van der Waals surface area (Å²) in [6.07, 6.45) is 1.46. The van der Waals surface area contributed by atoms with E-state index in [1.54, 1.807) is 6.07 Å². The summed E-state index contributed by atoms with van der Waals surface area (Å²) in [5.74, 6) is -0.00694. The number of rotatable bonds is 1. The Bertz CT molecular complexity index is 153. The van der Waals surface area contributed by atoms with Crippen LogP contribution >= 0.6 is 0 Å². The SMILES string of the molecule is [O]Oc1cccnn1. The quantitative estimate of drug-likeness (QED) is 0.384. The van der Waals surface area contributed by atoms with E-state index in [1.165, 1.54) is 12.3 Å². The van der Waals surface area contributed by atoms with Gasteiger partial charge in [-0.3, -0.25) is 4.89 Å². The molecule has 0 saturated carbocycles. The Morgan fingerprint density at radius 2 is 2.50 bits per heavy atom. The summed E-state index contributed by atoms with van der Waals surface area (Å²) in [6.45, 7) is 0. The molecule has 1 aromatic heterocycles. The number of hydrogen-bond acceptors (Lipinski definition) is 3. The van der Waals surface area contributed by atoms with Crippen LogP contribution in [0, 0.1) is 0 Å². The van der Waals surface area contributed by atoms with Crippen LogP contribution in [0.2, 0.25) is 0 Å². The van der Waals surface area contributed by atoms with Gasteiger partial charge in [0.15, 0.2) is 0 Å². The van der Waals surface area contributed by atoms with Crippen LogP contribution in [0.4, 0.5) is 0 Å². The van der Waals surface area contributed by atoms with Crippen molar-refractivity contribution in [3.63, 3.8) is 0 Å². The van der Waals surface area contributed by atoms with Crippen molar-refractivity contribution in [3.8, 4) is 5.88 Å². The van der Waals surface area contributed by atoms with Crippen LogP contribution in [-0.4, -0.2) is 10.2 Å². The molecule has 0 amide bonds. The first-order chi connectivity index (χ1) is 3.93. The van der Waals surface area contributed by atoms with Gasteiger partial charge in [-0.15, -0.1) is 5.10 Å². The molecule has 8 heavy (non-hydrogen) atoms. The first-order valence-electron chi connectivity index (χ1n) is 2.01. The molecular formula is C4H3N2O2. The maximum atomic E-state index is 9.53. The van der Waals surface area contributed by atoms with E-state index in [0.29, 0.717) is 0 Å². The molecule has 0 aliphatic rings. The summed E-state index contributed by atoms with van der Waals surface area (Å²) in [5.41, 5.74) is 0. The second-order valence-electron chi connectivity index (χ2n) is 1.15. The van der Waals surface area contributed by atoms with Crippen molar-refractivity contribution < 1.29 is 10.1 Å². The molecule has 0 N–H and O–H groups in total. The molecule has 4 nitrogen and oxygen atoms in total. The highest BCUT2D eigenvalue weighted by atomic mass is 17.1. The maximum Gasteiger partial charge on any atom is 0.278 e. The first kappa shape index (κ1) is 4.99. The smallest absolute Gasteiger partial charge is 0.278 e. The van der Waals surface area contributed by atoms with Crippen molar-refractivity contribution >= 4 is 0 Å². The third kappa shape index (κ3) is 0.913. The molecule has 0 spiro atoms. The Kier molecular flexibility index (Phi) is 1.39. The normalized spacial score (nSPS) is 8.62. The second kappa shape index (κ2) is 2.23. The van der Waals surface area contributed by atoms with Gasteiger partial charge in [-0.1, -0.05) is 0 Å². The van der Waals surface area contributed by atoms with E-state index < -0.39 is 0 Å². The molecule has 0 bridgehead atoms. The molecule has 41 valence electrons. The van der Waals surface area contributed by atoms with E-state index >= 15 is 0 Å². The molecule has 1 rings (SSSR count). The van der Waals surface area contributed by atoms with Crippen LogP contribution in [0.1, 0.15) is 0 Å². The minimum Gasteiger partial charge on any atom is -0.283 e. The Balaban J connectivity index is 2.83. The van der Waals surface area contributed by atoms with E-state index in [0.717, 1.165) is 0 Å². The third-order valence-electron chi connectivity index (χ3n) is 0.633. The number of nitrogens with zero attached hydrogens (tertiary/aromatic N) is 2. The zero-order chi connectivity index (χ0) is 5.82. The van der Waals surface area contributed by atoms with Gasteiger partial charge >= 0.3 is 0 Å². The van der Waals surface area contributed by atoms with E-state index in [-0.39, 0.29) is 5.88 Å². The molecule has 0 fully saturated rings. The standard InChI is InChI=1S/C4H3N2O2/c7-8-4-2-1-3-5-6-4/h1-3H. The summed E-state index contributed by atoms with van der Waals surface area (Å²) in [4.78, 5) is 3.49. The van der Waals surface area contributed by atoms with Gasteiger partial charge in [0.25, 0.3) is 5.88 Å². The highest BCUT2D eigenvalue weighted by Crippen LogP contribution is 1.97. The van der Waals surface area contributed by atoms with Gasteiger partial charge in [0.1, 0.15) is 0 Å². The predicted molar refractivity (Wildman–Crippen MR) is 23.3 cm³/mol. The molecule has 1 radical (unpaired) electrons. The predicted octanol–water partition coefficient (Wildman–Crippen LogP) is 0.201. The monoisotopic (exact) mass is 111 g/mol. The van der Waals surface area contributed by atoms with Gasteiger partial charge in [-0.2, -0.15) is 5.10 Å². The highest BCUT2D eigenvalue weighted by molar-refractivity contribution is 5.03. The molecule has 0 aliphatic heterocycles. The van der Waals surface area contributed by atoms with Crippen molar-refractivity contribution in [3.05, 3.63) is 18.3 Å². The Morgan fingerprint density at radius 3 is 2.88 bits per heavy atom. The van der Waals surface area contributed by atoms with Crippen molar-refractivity contribution in [1.82, 2.24) is 10.2 Å². The summed E-state index contributed by atoms with van der Waals surface area (Å²) >= 11 is 0. The second-order valence-corrected chi connectivity index (χ2v) is 1.15. The topological polar surface area (TPSA) is 54.9 Å². The lowest BCUT2D eigenvalue weighted by Crippen LogP contribution is -1.85. The number of aromatic nitrogens is 2. The maximum absolute atomic E-state index is 9.53. The van der Waals surface area contributed by atoms with Crippen molar-refractivity contribution in [2.75, 3.05) is 0 Å². The lowest BCUT2D eigenvalue weighted by molar-refractivity contribution is -0.212. The first-order valence-corrected chi connectivity index (χ1v) is 2.01. The summed E-state index contributed by atoms with van der Waals surface area (Å²) in [6, 6.07) is 3.00.